The number of aromatic nitrogens is 2. The molecule has 0 fully saturated rings. The van der Waals surface area contributed by atoms with Crippen LogP contribution in [0.1, 0.15) is 31.7 Å². The Morgan fingerprint density at radius 3 is 2.78 bits per heavy atom. The molecule has 0 saturated heterocycles. The smallest absolute Gasteiger partial charge is 0.230 e. The minimum atomic E-state index is -0.166. The number of aryl methyl sites for hydroxylation is 1. The Morgan fingerprint density at radius 1 is 1.56 bits per heavy atom. The number of carbonyl (C=O) groups is 1. The van der Waals surface area contributed by atoms with E-state index in [1.807, 2.05) is 13.8 Å². The van der Waals surface area contributed by atoms with Crippen LogP contribution in [0.3, 0.4) is 0 Å². The number of hydrogen-bond acceptors (Lipinski definition) is 5. The molecule has 18 heavy (non-hydrogen) atoms. The van der Waals surface area contributed by atoms with E-state index in [0.29, 0.717) is 12.1 Å². The first kappa shape index (κ1) is 13.9. The summed E-state index contributed by atoms with van der Waals surface area (Å²) in [5.41, 5.74) is 6.33. The first-order valence-electron chi connectivity index (χ1n) is 5.55. The molecule has 0 aliphatic carbocycles. The van der Waals surface area contributed by atoms with Crippen LogP contribution in [0.4, 0.5) is 5.95 Å². The second kappa shape index (κ2) is 5.95. The molecule has 1 rings (SSSR count). The van der Waals surface area contributed by atoms with Gasteiger partial charge >= 0.3 is 0 Å². The second-order valence-electron chi connectivity index (χ2n) is 4.35. The third kappa shape index (κ3) is 4.00. The predicted octanol–water partition coefficient (Wildman–Crippen LogP) is 0.864. The predicted molar refractivity (Wildman–Crippen MR) is 67.4 cm³/mol. The molecule has 0 aliphatic rings. The number of nitrogens with zero attached hydrogens (tertiary/aromatic N) is 3. The third-order valence-corrected chi connectivity index (χ3v) is 2.07. The maximum atomic E-state index is 11.6. The molecule has 7 nitrogen and oxygen atoms in total. The average Bonchev–Trinajstić information content (AvgIpc) is 2.25. The molecule has 0 spiro atoms. The van der Waals surface area contributed by atoms with Crippen LogP contribution in [0.5, 0.6) is 0 Å². The lowest BCUT2D eigenvalue weighted by atomic mass is 10.1. The quantitative estimate of drug-likeness (QED) is 0.318. The lowest BCUT2D eigenvalue weighted by Crippen LogP contribution is -2.20. The highest BCUT2D eigenvalue weighted by molar-refractivity contribution is 5.96. The summed E-state index contributed by atoms with van der Waals surface area (Å²) in [5, 5.41) is 14.0. The van der Waals surface area contributed by atoms with Crippen molar-refractivity contribution in [1.82, 2.24) is 9.97 Å². The van der Waals surface area contributed by atoms with Crippen LogP contribution < -0.4 is 11.1 Å². The third-order valence-electron chi connectivity index (χ3n) is 2.07. The Balaban J connectivity index is 2.90. The average molecular weight is 251 g/mol. The lowest BCUT2D eigenvalue weighted by Gasteiger charge is -2.07. The first-order valence-corrected chi connectivity index (χ1v) is 5.55. The summed E-state index contributed by atoms with van der Waals surface area (Å²) in [6.07, 6.45) is 0.385. The summed E-state index contributed by atoms with van der Waals surface area (Å²) in [6.45, 7) is 5.62. The number of rotatable bonds is 4. The van der Waals surface area contributed by atoms with Gasteiger partial charge in [-0.1, -0.05) is 19.0 Å². The minimum absolute atomic E-state index is 0.125. The van der Waals surface area contributed by atoms with Crippen molar-refractivity contribution in [3.8, 4) is 0 Å². The molecule has 98 valence electrons. The van der Waals surface area contributed by atoms with Gasteiger partial charge in [0.1, 0.15) is 5.69 Å². The molecule has 0 saturated carbocycles. The maximum Gasteiger partial charge on any atom is 0.230 e. The van der Waals surface area contributed by atoms with Gasteiger partial charge in [0.2, 0.25) is 11.9 Å². The number of anilines is 1. The molecule has 0 aromatic carbocycles. The van der Waals surface area contributed by atoms with Gasteiger partial charge in [-0.2, -0.15) is 0 Å². The van der Waals surface area contributed by atoms with Crippen LogP contribution in [-0.4, -0.2) is 26.9 Å². The molecule has 1 aromatic heterocycles. The Kier molecular flexibility index (Phi) is 4.59. The standard InChI is InChI=1S/C11H17N5O2/c1-6(2)4-9(17)15-11-13-7(3)5-8(14-11)10(12)16-18/h5-6,18H,4H2,1-3H3,(H2,12,16)(H,13,14,15,17). The van der Waals surface area contributed by atoms with E-state index in [9.17, 15) is 4.79 Å². The van der Waals surface area contributed by atoms with Crippen LogP contribution in [0.2, 0.25) is 0 Å². The van der Waals surface area contributed by atoms with Crippen molar-refractivity contribution in [1.29, 1.82) is 0 Å². The molecular weight excluding hydrogens is 234 g/mol. The Hall–Kier alpha value is -2.18. The second-order valence-corrected chi connectivity index (χ2v) is 4.35. The molecule has 1 heterocycles. The van der Waals surface area contributed by atoms with Crippen molar-refractivity contribution in [2.75, 3.05) is 5.32 Å². The fourth-order valence-corrected chi connectivity index (χ4v) is 1.35. The van der Waals surface area contributed by atoms with Crippen molar-refractivity contribution in [3.05, 3.63) is 17.5 Å². The highest BCUT2D eigenvalue weighted by atomic mass is 16.4. The highest BCUT2D eigenvalue weighted by Crippen LogP contribution is 2.07. The number of hydrogen-bond donors (Lipinski definition) is 3. The number of carbonyl (C=O) groups excluding carboxylic acids is 1. The van der Waals surface area contributed by atoms with Crippen molar-refractivity contribution in [3.63, 3.8) is 0 Å². The summed E-state index contributed by atoms with van der Waals surface area (Å²) >= 11 is 0. The van der Waals surface area contributed by atoms with Crippen molar-refractivity contribution in [2.24, 2.45) is 16.8 Å². The largest absolute Gasteiger partial charge is 0.409 e. The van der Waals surface area contributed by atoms with Crippen LogP contribution in [0.25, 0.3) is 0 Å². The van der Waals surface area contributed by atoms with Crippen LogP contribution in [0.15, 0.2) is 11.2 Å². The van der Waals surface area contributed by atoms with E-state index in [1.54, 1.807) is 13.0 Å². The summed E-state index contributed by atoms with van der Waals surface area (Å²) < 4.78 is 0. The zero-order valence-corrected chi connectivity index (χ0v) is 10.6. The molecule has 1 aromatic rings. The van der Waals surface area contributed by atoms with Crippen LogP contribution in [-0.2, 0) is 4.79 Å². The summed E-state index contributed by atoms with van der Waals surface area (Å²) in [6, 6.07) is 1.56. The Bertz CT molecular complexity index is 471. The molecule has 1 amide bonds. The van der Waals surface area contributed by atoms with E-state index in [0.717, 1.165) is 0 Å². The van der Waals surface area contributed by atoms with Gasteiger partial charge in [0.25, 0.3) is 0 Å². The van der Waals surface area contributed by atoms with E-state index in [1.165, 1.54) is 0 Å². The summed E-state index contributed by atoms with van der Waals surface area (Å²) in [5.74, 6) is 0.113. The number of amides is 1. The normalized spacial score (nSPS) is 11.7. The van der Waals surface area contributed by atoms with Gasteiger partial charge < -0.3 is 10.9 Å². The number of nitrogens with one attached hydrogen (secondary N) is 1. The Labute approximate surface area is 105 Å². The number of oxime groups is 1. The van der Waals surface area contributed by atoms with Gasteiger partial charge in [0, 0.05) is 12.1 Å². The van der Waals surface area contributed by atoms with Crippen molar-refractivity contribution in [2.45, 2.75) is 27.2 Å². The van der Waals surface area contributed by atoms with E-state index >= 15 is 0 Å². The van der Waals surface area contributed by atoms with Gasteiger partial charge in [-0.25, -0.2) is 9.97 Å². The monoisotopic (exact) mass is 251 g/mol. The fraction of sp³-hybridized carbons (Fsp3) is 0.455. The Morgan fingerprint density at radius 2 is 2.22 bits per heavy atom. The van der Waals surface area contributed by atoms with Gasteiger partial charge in [0.15, 0.2) is 5.84 Å². The van der Waals surface area contributed by atoms with Crippen molar-refractivity contribution < 1.29 is 10.0 Å². The van der Waals surface area contributed by atoms with E-state index in [-0.39, 0.29) is 29.3 Å². The van der Waals surface area contributed by atoms with Crippen LogP contribution >= 0.6 is 0 Å². The zero-order valence-electron chi connectivity index (χ0n) is 10.6. The number of nitrogens with two attached hydrogens (primary N) is 1. The molecule has 0 bridgehead atoms. The molecular formula is C11H17N5O2. The molecule has 0 unspecified atom stereocenters. The van der Waals surface area contributed by atoms with Gasteiger partial charge in [-0.05, 0) is 18.9 Å². The first-order chi connectivity index (χ1) is 8.42. The molecule has 0 atom stereocenters. The van der Waals surface area contributed by atoms with Crippen LogP contribution in [0, 0.1) is 12.8 Å². The maximum absolute atomic E-state index is 11.6. The minimum Gasteiger partial charge on any atom is -0.409 e. The summed E-state index contributed by atoms with van der Waals surface area (Å²) in [7, 11) is 0. The molecule has 0 aliphatic heterocycles. The topological polar surface area (TPSA) is 113 Å². The van der Waals surface area contributed by atoms with Gasteiger partial charge in [-0.15, -0.1) is 0 Å². The molecule has 7 heteroatoms. The lowest BCUT2D eigenvalue weighted by molar-refractivity contribution is -0.116. The van der Waals surface area contributed by atoms with Gasteiger partial charge in [0.05, 0.1) is 0 Å². The molecule has 4 N–H and O–H groups in total. The van der Waals surface area contributed by atoms with Gasteiger partial charge in [-0.3, -0.25) is 10.1 Å². The fourth-order valence-electron chi connectivity index (χ4n) is 1.35. The van der Waals surface area contributed by atoms with E-state index < -0.39 is 0 Å². The number of amidine groups is 1. The SMILES string of the molecule is Cc1cc(C(N)=NO)nc(NC(=O)CC(C)C)n1. The highest BCUT2D eigenvalue weighted by Gasteiger charge is 2.10. The van der Waals surface area contributed by atoms with Crippen molar-refractivity contribution >= 4 is 17.7 Å². The summed E-state index contributed by atoms with van der Waals surface area (Å²) in [4.78, 5) is 19.6. The zero-order chi connectivity index (χ0) is 13.7. The van der Waals surface area contributed by atoms with E-state index in [4.69, 9.17) is 10.9 Å². The van der Waals surface area contributed by atoms with E-state index in [2.05, 4.69) is 20.4 Å². The molecule has 0 radical (unpaired) electrons.